The van der Waals surface area contributed by atoms with E-state index in [0.717, 1.165) is 38.5 Å². The van der Waals surface area contributed by atoms with Crippen LogP contribution in [0.3, 0.4) is 0 Å². The summed E-state index contributed by atoms with van der Waals surface area (Å²) in [5.74, 6) is -0.256. The van der Waals surface area contributed by atoms with E-state index in [1.165, 1.54) is 0 Å². The second kappa shape index (κ2) is 4.54. The summed E-state index contributed by atoms with van der Waals surface area (Å²) in [5.41, 5.74) is 0.0916. The number of halogens is 2. The largest absolute Gasteiger partial charge is 0.300 e. The lowest BCUT2D eigenvalue weighted by atomic mass is 9.45. The van der Waals surface area contributed by atoms with E-state index in [4.69, 9.17) is 0 Å². The standard InChI is InChI=1S/C19H28F2O/c1-17-7-6-15-14(16(17)10-19(20,21)11-17)4-3-12-9-13(22)5-8-18(12,15)2/h12,14-16H,3-11H2,1-2H3/t12-,14-,15+,16+,17+,18-/m0/s1. The molecule has 0 saturated heterocycles. The molecule has 124 valence electrons. The number of rotatable bonds is 0. The van der Waals surface area contributed by atoms with Crippen molar-refractivity contribution in [2.75, 3.05) is 0 Å². The van der Waals surface area contributed by atoms with Crippen molar-refractivity contribution in [3.8, 4) is 0 Å². The fraction of sp³-hybridized carbons (Fsp3) is 0.947. The van der Waals surface area contributed by atoms with Crippen LogP contribution in [0.1, 0.15) is 71.6 Å². The number of ketones is 1. The topological polar surface area (TPSA) is 17.1 Å². The van der Waals surface area contributed by atoms with E-state index in [1.54, 1.807) is 0 Å². The van der Waals surface area contributed by atoms with E-state index in [9.17, 15) is 13.6 Å². The number of fused-ring (bicyclic) bond motifs is 5. The van der Waals surface area contributed by atoms with Crippen LogP contribution in [0.15, 0.2) is 0 Å². The van der Waals surface area contributed by atoms with Crippen molar-refractivity contribution < 1.29 is 13.6 Å². The minimum absolute atomic E-state index is 0.104. The van der Waals surface area contributed by atoms with Gasteiger partial charge >= 0.3 is 0 Å². The third-order valence-corrected chi connectivity index (χ3v) is 8.18. The van der Waals surface area contributed by atoms with Crippen molar-refractivity contribution in [1.29, 1.82) is 0 Å². The van der Waals surface area contributed by atoms with Gasteiger partial charge in [-0.05, 0) is 66.6 Å². The third-order valence-electron chi connectivity index (χ3n) is 8.18. The zero-order chi connectivity index (χ0) is 15.8. The van der Waals surface area contributed by atoms with E-state index in [-0.39, 0.29) is 29.6 Å². The number of Topliss-reactive ketones (excluding diaryl/α,β-unsaturated/α-hetero) is 1. The van der Waals surface area contributed by atoms with Gasteiger partial charge in [-0.25, -0.2) is 8.78 Å². The summed E-state index contributed by atoms with van der Waals surface area (Å²) in [4.78, 5) is 11.8. The van der Waals surface area contributed by atoms with Crippen molar-refractivity contribution in [3.63, 3.8) is 0 Å². The highest BCUT2D eigenvalue weighted by atomic mass is 19.3. The van der Waals surface area contributed by atoms with Gasteiger partial charge in [0, 0.05) is 25.7 Å². The number of carbonyl (C=O) groups is 1. The highest BCUT2D eigenvalue weighted by Gasteiger charge is 2.62. The van der Waals surface area contributed by atoms with Gasteiger partial charge in [0.05, 0.1) is 0 Å². The molecule has 0 unspecified atom stereocenters. The van der Waals surface area contributed by atoms with Gasteiger partial charge in [0.2, 0.25) is 5.92 Å². The Morgan fingerprint density at radius 3 is 2.59 bits per heavy atom. The van der Waals surface area contributed by atoms with Gasteiger partial charge in [0.15, 0.2) is 0 Å². The summed E-state index contributed by atoms with van der Waals surface area (Å²) in [6.07, 6.45) is 6.91. The molecule has 0 heterocycles. The average molecular weight is 310 g/mol. The smallest absolute Gasteiger partial charge is 0.249 e. The number of hydrogen-bond acceptors (Lipinski definition) is 1. The van der Waals surface area contributed by atoms with Gasteiger partial charge in [0.25, 0.3) is 0 Å². The monoisotopic (exact) mass is 310 g/mol. The van der Waals surface area contributed by atoms with Crippen LogP contribution in [0.4, 0.5) is 8.78 Å². The summed E-state index contributed by atoms with van der Waals surface area (Å²) in [6.45, 7) is 4.49. The average Bonchev–Trinajstić information content (AvgIpc) is 2.68. The first-order valence-electron chi connectivity index (χ1n) is 9.13. The highest BCUT2D eigenvalue weighted by molar-refractivity contribution is 5.79. The minimum atomic E-state index is -2.45. The van der Waals surface area contributed by atoms with E-state index >= 15 is 0 Å². The van der Waals surface area contributed by atoms with Crippen molar-refractivity contribution in [2.24, 2.45) is 34.5 Å². The number of hydrogen-bond donors (Lipinski definition) is 0. The summed E-state index contributed by atoms with van der Waals surface area (Å²) in [6, 6.07) is 0. The van der Waals surface area contributed by atoms with Crippen LogP contribution in [-0.4, -0.2) is 11.7 Å². The fourth-order valence-corrected chi connectivity index (χ4v) is 7.04. The quantitative estimate of drug-likeness (QED) is 0.598. The van der Waals surface area contributed by atoms with Gasteiger partial charge in [-0.2, -0.15) is 0 Å². The van der Waals surface area contributed by atoms with Gasteiger partial charge < -0.3 is 0 Å². The summed E-state index contributed by atoms with van der Waals surface area (Å²) in [7, 11) is 0. The zero-order valence-electron chi connectivity index (χ0n) is 13.8. The molecule has 0 aromatic rings. The number of alkyl halides is 2. The maximum absolute atomic E-state index is 14.1. The summed E-state index contributed by atoms with van der Waals surface area (Å²) >= 11 is 0. The van der Waals surface area contributed by atoms with Gasteiger partial charge in [-0.3, -0.25) is 4.79 Å². The van der Waals surface area contributed by atoms with Crippen LogP contribution in [0.25, 0.3) is 0 Å². The minimum Gasteiger partial charge on any atom is -0.300 e. The summed E-state index contributed by atoms with van der Waals surface area (Å²) in [5, 5.41) is 0. The maximum Gasteiger partial charge on any atom is 0.249 e. The lowest BCUT2D eigenvalue weighted by Gasteiger charge is -2.59. The Labute approximate surface area is 132 Å². The molecule has 0 aromatic heterocycles. The molecule has 4 aliphatic rings. The molecular weight excluding hydrogens is 282 g/mol. The maximum atomic E-state index is 14.1. The Morgan fingerprint density at radius 2 is 1.82 bits per heavy atom. The highest BCUT2D eigenvalue weighted by Crippen LogP contribution is 2.67. The third kappa shape index (κ3) is 2.03. The Kier molecular flexibility index (Phi) is 3.11. The molecule has 22 heavy (non-hydrogen) atoms. The Bertz CT molecular complexity index is 502. The van der Waals surface area contributed by atoms with Crippen LogP contribution >= 0.6 is 0 Å². The van der Waals surface area contributed by atoms with Crippen LogP contribution in [0.5, 0.6) is 0 Å². The molecule has 0 radical (unpaired) electrons. The second-order valence-electron chi connectivity index (χ2n) is 9.33. The number of carbonyl (C=O) groups excluding carboxylic acids is 1. The van der Waals surface area contributed by atoms with Crippen molar-refractivity contribution in [1.82, 2.24) is 0 Å². The molecule has 4 aliphatic carbocycles. The molecule has 0 bridgehead atoms. The van der Waals surface area contributed by atoms with Crippen molar-refractivity contribution in [2.45, 2.75) is 77.6 Å². The van der Waals surface area contributed by atoms with Crippen molar-refractivity contribution in [3.05, 3.63) is 0 Å². The fourth-order valence-electron chi connectivity index (χ4n) is 7.04. The Balaban J connectivity index is 1.64. The predicted molar refractivity (Wildman–Crippen MR) is 81.7 cm³/mol. The molecule has 4 fully saturated rings. The molecule has 1 nitrogen and oxygen atoms in total. The van der Waals surface area contributed by atoms with Crippen LogP contribution in [0.2, 0.25) is 0 Å². The first-order chi connectivity index (χ1) is 10.2. The molecule has 0 amide bonds. The predicted octanol–water partition coefficient (Wildman–Crippen LogP) is 5.23. The van der Waals surface area contributed by atoms with Gasteiger partial charge in [-0.15, -0.1) is 0 Å². The molecule has 0 spiro atoms. The van der Waals surface area contributed by atoms with Crippen LogP contribution in [0, 0.1) is 34.5 Å². The normalized spacial score (nSPS) is 53.5. The van der Waals surface area contributed by atoms with Crippen LogP contribution in [-0.2, 0) is 4.79 Å². The molecule has 0 aliphatic heterocycles. The van der Waals surface area contributed by atoms with E-state index in [0.29, 0.717) is 30.0 Å². The molecular formula is C19H28F2O. The SMILES string of the molecule is C[C@]12CC[C@@H]3[C@H](CC[C@H]4CC(=O)CC[C@@]43C)[C@H]1CC(F)(F)C2. The first kappa shape index (κ1) is 15.1. The Hall–Kier alpha value is -0.470. The zero-order valence-corrected chi connectivity index (χ0v) is 13.8. The Morgan fingerprint density at radius 1 is 1.05 bits per heavy atom. The van der Waals surface area contributed by atoms with Crippen LogP contribution < -0.4 is 0 Å². The lowest BCUT2D eigenvalue weighted by Crippen LogP contribution is -2.52. The first-order valence-corrected chi connectivity index (χ1v) is 9.13. The molecule has 6 atom stereocenters. The van der Waals surface area contributed by atoms with E-state index in [2.05, 4.69) is 13.8 Å². The van der Waals surface area contributed by atoms with Gasteiger partial charge in [-0.1, -0.05) is 13.8 Å². The van der Waals surface area contributed by atoms with E-state index < -0.39 is 5.92 Å². The molecule has 0 aromatic carbocycles. The molecule has 4 saturated carbocycles. The van der Waals surface area contributed by atoms with E-state index in [1.807, 2.05) is 0 Å². The summed E-state index contributed by atoms with van der Waals surface area (Å²) < 4.78 is 28.2. The lowest BCUT2D eigenvalue weighted by molar-refractivity contribution is -0.137. The molecule has 4 rings (SSSR count). The molecule has 3 heteroatoms. The molecule has 0 N–H and O–H groups in total. The second-order valence-corrected chi connectivity index (χ2v) is 9.33. The van der Waals surface area contributed by atoms with Crippen molar-refractivity contribution >= 4 is 5.78 Å². The van der Waals surface area contributed by atoms with Gasteiger partial charge in [0.1, 0.15) is 5.78 Å².